The van der Waals surface area contributed by atoms with Crippen LogP contribution in [0.1, 0.15) is 67.0 Å². The van der Waals surface area contributed by atoms with Gasteiger partial charge in [0.25, 0.3) is 0 Å². The van der Waals surface area contributed by atoms with Crippen LogP contribution in [0.5, 0.6) is 5.88 Å². The van der Waals surface area contributed by atoms with E-state index < -0.39 is 11.4 Å². The van der Waals surface area contributed by atoms with E-state index in [9.17, 15) is 9.90 Å². The van der Waals surface area contributed by atoms with Crippen LogP contribution in [0.2, 0.25) is 0 Å². The van der Waals surface area contributed by atoms with Crippen molar-refractivity contribution in [2.45, 2.75) is 60.5 Å². The van der Waals surface area contributed by atoms with Gasteiger partial charge in [-0.05, 0) is 67.6 Å². The fourth-order valence-electron chi connectivity index (χ4n) is 5.07. The second-order valence-corrected chi connectivity index (χ2v) is 10.2. The number of hydrogen-bond donors (Lipinski definition) is 3. The molecule has 1 aliphatic heterocycles. The maximum absolute atomic E-state index is 12.5. The number of hydrogen-bond acceptors (Lipinski definition) is 6. The van der Waals surface area contributed by atoms with E-state index in [-0.39, 0.29) is 5.92 Å². The molecule has 4 N–H and O–H groups in total. The first-order valence-corrected chi connectivity index (χ1v) is 13.3. The van der Waals surface area contributed by atoms with Gasteiger partial charge in [-0.15, -0.1) is 0 Å². The summed E-state index contributed by atoms with van der Waals surface area (Å²) in [4.78, 5) is 19.2. The Morgan fingerprint density at radius 2 is 1.95 bits per heavy atom. The predicted molar refractivity (Wildman–Crippen MR) is 155 cm³/mol. The molecule has 3 aromatic rings. The molecule has 7 heteroatoms. The van der Waals surface area contributed by atoms with Crippen molar-refractivity contribution in [3.8, 4) is 5.88 Å². The average Bonchev–Trinajstić information content (AvgIpc) is 3.11. The third-order valence-electron chi connectivity index (χ3n) is 7.40. The zero-order chi connectivity index (χ0) is 28.0. The largest absolute Gasteiger partial charge is 0.481 e. The van der Waals surface area contributed by atoms with Gasteiger partial charge >= 0.3 is 5.97 Å². The molecule has 0 bridgehead atoms. The average molecular weight is 519 g/mol. The summed E-state index contributed by atoms with van der Waals surface area (Å²) in [5, 5.41) is 13.3. The lowest BCUT2D eigenvalue weighted by molar-refractivity contribution is -0.147. The van der Waals surface area contributed by atoms with E-state index in [2.05, 4.69) is 46.4 Å². The Balaban J connectivity index is 0.00000195. The SMILES string of the molecule is CC.CNc1ccc(C(c2ccc(C)c(CN3CCOc4ncccc4C3)c2)C(C)(C)C(=O)O)c(C)c1N. The van der Waals surface area contributed by atoms with Crippen molar-refractivity contribution in [2.24, 2.45) is 5.41 Å². The Morgan fingerprint density at radius 3 is 2.63 bits per heavy atom. The number of fused-ring (bicyclic) bond motifs is 1. The third kappa shape index (κ3) is 5.94. The van der Waals surface area contributed by atoms with Gasteiger partial charge < -0.3 is 20.9 Å². The number of aliphatic carboxylic acids is 1. The number of ether oxygens (including phenoxy) is 1. The number of benzene rings is 2. The van der Waals surface area contributed by atoms with Crippen LogP contribution >= 0.6 is 0 Å². The highest BCUT2D eigenvalue weighted by molar-refractivity contribution is 5.78. The molecule has 0 saturated heterocycles. The molecule has 0 saturated carbocycles. The van der Waals surface area contributed by atoms with Gasteiger partial charge in [-0.1, -0.05) is 44.2 Å². The Labute approximate surface area is 227 Å². The van der Waals surface area contributed by atoms with E-state index in [0.717, 1.165) is 47.6 Å². The number of carboxylic acids is 1. The first-order chi connectivity index (χ1) is 18.1. The van der Waals surface area contributed by atoms with E-state index in [0.29, 0.717) is 18.2 Å². The van der Waals surface area contributed by atoms with E-state index in [1.807, 2.05) is 46.0 Å². The van der Waals surface area contributed by atoms with Gasteiger partial charge in [0.05, 0.1) is 16.8 Å². The Hall–Kier alpha value is -3.58. The summed E-state index contributed by atoms with van der Waals surface area (Å²) in [7, 11) is 1.83. The topological polar surface area (TPSA) is 101 Å². The summed E-state index contributed by atoms with van der Waals surface area (Å²) in [6.07, 6.45) is 1.75. The maximum atomic E-state index is 12.5. The molecule has 0 radical (unpaired) electrons. The highest BCUT2D eigenvalue weighted by atomic mass is 16.5. The van der Waals surface area contributed by atoms with Crippen LogP contribution in [0.4, 0.5) is 11.4 Å². The second kappa shape index (κ2) is 12.3. The first kappa shape index (κ1) is 29.0. The van der Waals surface area contributed by atoms with Crippen LogP contribution in [0.3, 0.4) is 0 Å². The van der Waals surface area contributed by atoms with Crippen molar-refractivity contribution in [1.82, 2.24) is 9.88 Å². The van der Waals surface area contributed by atoms with Crippen molar-refractivity contribution in [3.63, 3.8) is 0 Å². The zero-order valence-corrected chi connectivity index (χ0v) is 23.8. The van der Waals surface area contributed by atoms with Crippen LogP contribution in [0, 0.1) is 19.3 Å². The zero-order valence-electron chi connectivity index (χ0n) is 23.8. The van der Waals surface area contributed by atoms with Crippen molar-refractivity contribution >= 4 is 17.3 Å². The van der Waals surface area contributed by atoms with E-state index in [4.69, 9.17) is 10.5 Å². The summed E-state index contributed by atoms with van der Waals surface area (Å²) < 4.78 is 5.85. The number of carbonyl (C=O) groups is 1. The molecular weight excluding hydrogens is 476 g/mol. The highest BCUT2D eigenvalue weighted by Crippen LogP contribution is 2.45. The Kier molecular flexibility index (Phi) is 9.39. The number of aromatic nitrogens is 1. The molecule has 2 aromatic carbocycles. The Morgan fingerprint density at radius 1 is 1.21 bits per heavy atom. The quantitative estimate of drug-likeness (QED) is 0.331. The minimum absolute atomic E-state index is 0.375. The van der Waals surface area contributed by atoms with Crippen LogP contribution in [-0.4, -0.2) is 41.2 Å². The fourth-order valence-corrected chi connectivity index (χ4v) is 5.07. The minimum atomic E-state index is -1.05. The number of nitrogens with one attached hydrogen (secondary N) is 1. The standard InChI is InChI=1S/C29H36N4O3.C2H6/c1-18-8-9-20(15-22(18)17-33-13-14-36-27-21(16-33)7-6-12-32-27)25(29(3,4)28(34)35)23-10-11-24(31-5)26(30)19(23)2;1-2/h6-12,15,25,31H,13-14,16-17,30H2,1-5H3,(H,34,35);1-2H3. The number of nitrogens with zero attached hydrogens (tertiary/aromatic N) is 2. The summed E-state index contributed by atoms with van der Waals surface area (Å²) in [5.74, 6) is -0.522. The summed E-state index contributed by atoms with van der Waals surface area (Å²) in [6, 6.07) is 14.2. The van der Waals surface area contributed by atoms with Gasteiger partial charge in [0.1, 0.15) is 6.61 Å². The molecular formula is C31H42N4O3. The van der Waals surface area contributed by atoms with Gasteiger partial charge in [0, 0.05) is 44.4 Å². The molecule has 1 atom stereocenters. The van der Waals surface area contributed by atoms with Crippen LogP contribution < -0.4 is 15.8 Å². The van der Waals surface area contributed by atoms with Gasteiger partial charge in [0.2, 0.25) is 5.88 Å². The van der Waals surface area contributed by atoms with Gasteiger partial charge in [-0.25, -0.2) is 4.98 Å². The van der Waals surface area contributed by atoms with Gasteiger partial charge in [-0.2, -0.15) is 0 Å². The number of anilines is 2. The number of nitrogens with two attached hydrogens (primary N) is 1. The Bertz CT molecular complexity index is 1270. The molecule has 0 spiro atoms. The summed E-state index contributed by atoms with van der Waals surface area (Å²) in [6.45, 7) is 14.5. The molecule has 1 unspecified atom stereocenters. The number of aryl methyl sites for hydroxylation is 1. The lowest BCUT2D eigenvalue weighted by Gasteiger charge is -2.34. The maximum Gasteiger partial charge on any atom is 0.310 e. The van der Waals surface area contributed by atoms with Crippen molar-refractivity contribution in [2.75, 3.05) is 31.2 Å². The van der Waals surface area contributed by atoms with E-state index in [1.54, 1.807) is 20.0 Å². The molecule has 2 heterocycles. The molecule has 4 rings (SSSR count). The van der Waals surface area contributed by atoms with Gasteiger partial charge in [-0.3, -0.25) is 9.69 Å². The fraction of sp³-hybridized carbons (Fsp3) is 0.419. The van der Waals surface area contributed by atoms with Crippen molar-refractivity contribution in [3.05, 3.63) is 82.0 Å². The van der Waals surface area contributed by atoms with Crippen LogP contribution in [0.15, 0.2) is 48.7 Å². The predicted octanol–water partition coefficient (Wildman–Crippen LogP) is 5.99. The molecule has 38 heavy (non-hydrogen) atoms. The molecule has 1 aliphatic rings. The minimum Gasteiger partial charge on any atom is -0.481 e. The molecule has 0 aliphatic carbocycles. The second-order valence-electron chi connectivity index (χ2n) is 10.2. The summed E-state index contributed by atoms with van der Waals surface area (Å²) in [5.41, 5.74) is 13.1. The highest BCUT2D eigenvalue weighted by Gasteiger charge is 2.40. The monoisotopic (exact) mass is 518 g/mol. The number of carboxylic acid groups (broad SMARTS) is 1. The van der Waals surface area contributed by atoms with Crippen molar-refractivity contribution < 1.29 is 14.6 Å². The van der Waals surface area contributed by atoms with E-state index >= 15 is 0 Å². The van der Waals surface area contributed by atoms with Crippen LogP contribution in [-0.2, 0) is 17.9 Å². The van der Waals surface area contributed by atoms with E-state index in [1.165, 1.54) is 11.1 Å². The normalized spacial score (nSPS) is 14.3. The lowest BCUT2D eigenvalue weighted by atomic mass is 9.69. The smallest absolute Gasteiger partial charge is 0.310 e. The number of nitrogen functional groups attached to an aromatic ring is 1. The van der Waals surface area contributed by atoms with Crippen LogP contribution in [0.25, 0.3) is 0 Å². The molecule has 204 valence electrons. The summed E-state index contributed by atoms with van der Waals surface area (Å²) >= 11 is 0. The third-order valence-corrected chi connectivity index (χ3v) is 7.40. The number of rotatable bonds is 7. The molecule has 0 fully saturated rings. The molecule has 0 amide bonds. The first-order valence-electron chi connectivity index (χ1n) is 13.3. The molecule has 7 nitrogen and oxygen atoms in total. The lowest BCUT2D eigenvalue weighted by Crippen LogP contribution is -2.33. The molecule has 1 aromatic heterocycles. The van der Waals surface area contributed by atoms with Crippen molar-refractivity contribution in [1.29, 1.82) is 0 Å². The number of pyridine rings is 1. The van der Waals surface area contributed by atoms with Gasteiger partial charge in [0.15, 0.2) is 0 Å².